The monoisotopic (exact) mass is 350 g/mol. The van der Waals surface area contributed by atoms with Crippen molar-refractivity contribution in [2.75, 3.05) is 7.11 Å². The van der Waals surface area contributed by atoms with Crippen molar-refractivity contribution in [3.05, 3.63) is 40.4 Å². The Labute approximate surface area is 133 Å². The first-order valence-electron chi connectivity index (χ1n) is 7.15. The third-order valence-electron chi connectivity index (χ3n) is 4.05. The maximum atomic E-state index is 12.6. The lowest BCUT2D eigenvalue weighted by molar-refractivity contribution is -0.158. The smallest absolute Gasteiger partial charge is 0.319 e. The minimum atomic E-state index is -0.973. The van der Waals surface area contributed by atoms with Gasteiger partial charge in [-0.05, 0) is 36.6 Å². The Balaban J connectivity index is 2.18. The van der Waals surface area contributed by atoms with E-state index in [0.29, 0.717) is 12.8 Å². The third kappa shape index (κ3) is 3.62. The molecule has 0 radical (unpaired) electrons. The highest BCUT2D eigenvalue weighted by molar-refractivity contribution is 9.10. The van der Waals surface area contributed by atoms with E-state index < -0.39 is 11.4 Å². The number of hydrogen-bond acceptors (Lipinski definition) is 3. The largest absolute Gasteiger partial charge is 0.468 e. The van der Waals surface area contributed by atoms with Gasteiger partial charge in [0, 0.05) is 4.47 Å². The van der Waals surface area contributed by atoms with Gasteiger partial charge in [-0.3, -0.25) is 9.59 Å². The summed E-state index contributed by atoms with van der Waals surface area (Å²) in [5.41, 5.74) is -0.0406. The van der Waals surface area contributed by atoms with E-state index in [0.717, 1.165) is 29.3 Å². The molecule has 3 nitrogen and oxygen atoms in total. The first kappa shape index (κ1) is 16.0. The number of carbonyl (C=O) groups is 2. The first-order chi connectivity index (χ1) is 10.1. The average Bonchev–Trinajstić information content (AvgIpc) is 2.53. The summed E-state index contributed by atoms with van der Waals surface area (Å²) in [6, 6.07) is 7.67. The number of halogens is 1. The van der Waals surface area contributed by atoms with Gasteiger partial charge in [0.15, 0.2) is 5.78 Å². The number of benzene rings is 1. The molecule has 0 spiro atoms. The van der Waals surface area contributed by atoms with Gasteiger partial charge in [0.05, 0.1) is 7.11 Å². The molecule has 0 bridgehead atoms. The van der Waals surface area contributed by atoms with Gasteiger partial charge in [0.2, 0.25) is 0 Å². The Hall–Kier alpha value is -1.42. The van der Waals surface area contributed by atoms with E-state index in [-0.39, 0.29) is 5.78 Å². The molecule has 4 heteroatoms. The molecule has 0 unspecified atom stereocenters. The summed E-state index contributed by atoms with van der Waals surface area (Å²) in [6.45, 7) is 0. The summed E-state index contributed by atoms with van der Waals surface area (Å²) < 4.78 is 5.87. The lowest BCUT2D eigenvalue weighted by Crippen LogP contribution is -2.41. The van der Waals surface area contributed by atoms with Crippen LogP contribution >= 0.6 is 15.9 Å². The second-order valence-corrected chi connectivity index (χ2v) is 6.30. The number of esters is 1. The van der Waals surface area contributed by atoms with Crippen LogP contribution < -0.4 is 0 Å². The predicted octanol–water partition coefficient (Wildman–Crippen LogP) is 4.15. The average molecular weight is 351 g/mol. The summed E-state index contributed by atoms with van der Waals surface area (Å²) in [5, 5.41) is 0. The summed E-state index contributed by atoms with van der Waals surface area (Å²) >= 11 is 3.37. The van der Waals surface area contributed by atoms with Gasteiger partial charge in [-0.25, -0.2) is 0 Å². The summed E-state index contributed by atoms with van der Waals surface area (Å²) in [6.07, 6.45) is 7.31. The highest BCUT2D eigenvalue weighted by Gasteiger charge is 2.45. The van der Waals surface area contributed by atoms with Crippen molar-refractivity contribution in [3.8, 4) is 0 Å². The predicted molar refractivity (Wildman–Crippen MR) is 85.7 cm³/mol. The molecule has 0 atom stereocenters. The van der Waals surface area contributed by atoms with E-state index >= 15 is 0 Å². The van der Waals surface area contributed by atoms with Crippen LogP contribution in [0.2, 0.25) is 0 Å². The number of methoxy groups -OCH3 is 1. The van der Waals surface area contributed by atoms with Crippen molar-refractivity contribution in [2.24, 2.45) is 5.41 Å². The zero-order valence-electron chi connectivity index (χ0n) is 12.1. The molecule has 2 rings (SSSR count). The van der Waals surface area contributed by atoms with Gasteiger partial charge < -0.3 is 4.74 Å². The van der Waals surface area contributed by atoms with E-state index in [1.807, 2.05) is 24.3 Å². The molecule has 112 valence electrons. The topological polar surface area (TPSA) is 43.4 Å². The van der Waals surface area contributed by atoms with Gasteiger partial charge in [-0.2, -0.15) is 0 Å². The fraction of sp³-hybridized carbons (Fsp3) is 0.412. The minimum absolute atomic E-state index is 0.142. The molecule has 1 aliphatic rings. The molecule has 1 aliphatic carbocycles. The number of hydrogen-bond donors (Lipinski definition) is 0. The zero-order chi connectivity index (χ0) is 15.3. The number of carbonyl (C=O) groups excluding carboxylic acids is 2. The quantitative estimate of drug-likeness (QED) is 0.465. The van der Waals surface area contributed by atoms with Crippen LogP contribution in [0.3, 0.4) is 0 Å². The zero-order valence-corrected chi connectivity index (χ0v) is 13.7. The molecule has 0 heterocycles. The van der Waals surface area contributed by atoms with Gasteiger partial charge >= 0.3 is 5.97 Å². The Bertz CT molecular complexity index is 540. The minimum Gasteiger partial charge on any atom is -0.468 e. The van der Waals surface area contributed by atoms with Crippen LogP contribution in [0.5, 0.6) is 0 Å². The summed E-state index contributed by atoms with van der Waals surface area (Å²) in [4.78, 5) is 24.7. The van der Waals surface area contributed by atoms with Gasteiger partial charge in [-0.15, -0.1) is 0 Å². The lowest BCUT2D eigenvalue weighted by atomic mass is 9.71. The molecular formula is C17H19BrO3. The van der Waals surface area contributed by atoms with Crippen LogP contribution in [0.1, 0.15) is 37.7 Å². The van der Waals surface area contributed by atoms with Crippen molar-refractivity contribution in [1.29, 1.82) is 0 Å². The van der Waals surface area contributed by atoms with Crippen LogP contribution in [-0.4, -0.2) is 18.9 Å². The molecule has 1 saturated carbocycles. The van der Waals surface area contributed by atoms with E-state index in [1.165, 1.54) is 13.2 Å². The highest BCUT2D eigenvalue weighted by atomic mass is 79.9. The lowest BCUT2D eigenvalue weighted by Gasteiger charge is -2.31. The molecule has 0 saturated heterocycles. The standard InChI is InChI=1S/C17H19BrO3/c1-21-16(20)17(11-3-2-4-12-17)15(19)10-7-13-5-8-14(18)9-6-13/h5-10H,2-4,11-12H2,1H3. The van der Waals surface area contributed by atoms with E-state index in [2.05, 4.69) is 15.9 Å². The number of rotatable bonds is 4. The molecule has 0 aliphatic heterocycles. The fourth-order valence-electron chi connectivity index (χ4n) is 2.81. The SMILES string of the molecule is COC(=O)C1(C(=O)C=Cc2ccc(Br)cc2)CCCCC1. The second kappa shape index (κ2) is 7.03. The summed E-state index contributed by atoms with van der Waals surface area (Å²) in [5.74, 6) is -0.537. The Morgan fingerprint density at radius 2 is 1.76 bits per heavy atom. The van der Waals surface area contributed by atoms with Crippen LogP contribution in [0, 0.1) is 5.41 Å². The Morgan fingerprint density at radius 3 is 2.33 bits per heavy atom. The first-order valence-corrected chi connectivity index (χ1v) is 7.94. The van der Waals surface area contributed by atoms with E-state index in [9.17, 15) is 9.59 Å². The maximum absolute atomic E-state index is 12.6. The molecule has 21 heavy (non-hydrogen) atoms. The van der Waals surface area contributed by atoms with Crippen molar-refractivity contribution < 1.29 is 14.3 Å². The van der Waals surface area contributed by atoms with Crippen molar-refractivity contribution in [1.82, 2.24) is 0 Å². The van der Waals surface area contributed by atoms with Gasteiger partial charge in [-0.1, -0.05) is 53.4 Å². The van der Waals surface area contributed by atoms with Crippen molar-refractivity contribution >= 4 is 33.8 Å². The molecule has 1 aromatic carbocycles. The molecule has 0 amide bonds. The van der Waals surface area contributed by atoms with E-state index in [1.54, 1.807) is 6.08 Å². The fourth-order valence-corrected chi connectivity index (χ4v) is 3.07. The Kier molecular flexibility index (Phi) is 5.34. The van der Waals surface area contributed by atoms with Gasteiger partial charge in [0.1, 0.15) is 5.41 Å². The van der Waals surface area contributed by atoms with Gasteiger partial charge in [0.25, 0.3) is 0 Å². The van der Waals surface area contributed by atoms with Crippen LogP contribution in [0.15, 0.2) is 34.8 Å². The van der Waals surface area contributed by atoms with E-state index in [4.69, 9.17) is 4.74 Å². The molecule has 0 aromatic heterocycles. The molecule has 1 fully saturated rings. The number of ketones is 1. The summed E-state index contributed by atoms with van der Waals surface area (Å²) in [7, 11) is 1.35. The van der Waals surface area contributed by atoms with Crippen LogP contribution in [0.4, 0.5) is 0 Å². The van der Waals surface area contributed by atoms with Crippen LogP contribution in [-0.2, 0) is 14.3 Å². The normalized spacial score (nSPS) is 17.6. The third-order valence-corrected chi connectivity index (χ3v) is 4.58. The molecule has 0 N–H and O–H groups in total. The number of allylic oxidation sites excluding steroid dienone is 1. The van der Waals surface area contributed by atoms with Crippen molar-refractivity contribution in [3.63, 3.8) is 0 Å². The maximum Gasteiger partial charge on any atom is 0.319 e. The van der Waals surface area contributed by atoms with Crippen molar-refractivity contribution in [2.45, 2.75) is 32.1 Å². The Morgan fingerprint density at radius 1 is 1.14 bits per heavy atom. The number of ether oxygens (including phenoxy) is 1. The van der Waals surface area contributed by atoms with Crippen LogP contribution in [0.25, 0.3) is 6.08 Å². The second-order valence-electron chi connectivity index (χ2n) is 5.38. The highest BCUT2D eigenvalue weighted by Crippen LogP contribution is 2.38. The molecule has 1 aromatic rings. The molecular weight excluding hydrogens is 332 g/mol.